The molecular weight excluding hydrogens is 525 g/mol. The number of nitrogens with zero attached hydrogens (tertiary/aromatic N) is 2. The number of carbonyl (C=O) groups excluding carboxylic acids is 1. The SMILES string of the molecule is COc1ccc(C(=O)Nc2nn(Cc3ccc(F)cc3)cc2Br)cc1COc1ccc(Cl)cc1. The topological polar surface area (TPSA) is 65.4 Å². The van der Waals surface area contributed by atoms with Crippen LogP contribution in [0, 0.1) is 5.82 Å². The van der Waals surface area contributed by atoms with Crippen molar-refractivity contribution in [2.45, 2.75) is 13.2 Å². The van der Waals surface area contributed by atoms with Gasteiger partial charge in [-0.15, -0.1) is 0 Å². The number of hydrogen-bond acceptors (Lipinski definition) is 4. The van der Waals surface area contributed by atoms with Gasteiger partial charge in [0.2, 0.25) is 0 Å². The molecule has 0 saturated heterocycles. The van der Waals surface area contributed by atoms with Gasteiger partial charge in [-0.2, -0.15) is 5.10 Å². The Hall–Kier alpha value is -3.36. The van der Waals surface area contributed by atoms with Gasteiger partial charge in [0.05, 0.1) is 18.1 Å². The Morgan fingerprint density at radius 3 is 2.56 bits per heavy atom. The van der Waals surface area contributed by atoms with Gasteiger partial charge in [0, 0.05) is 22.3 Å². The average Bonchev–Trinajstić information content (AvgIpc) is 3.18. The monoisotopic (exact) mass is 543 g/mol. The first kappa shape index (κ1) is 23.8. The Bertz CT molecular complexity index is 1290. The van der Waals surface area contributed by atoms with E-state index in [1.165, 1.54) is 12.1 Å². The molecule has 0 aliphatic rings. The van der Waals surface area contributed by atoms with Crippen LogP contribution in [0.2, 0.25) is 5.02 Å². The Kier molecular flexibility index (Phi) is 7.49. The van der Waals surface area contributed by atoms with Gasteiger partial charge in [-0.05, 0) is 76.1 Å². The number of amides is 1. The molecule has 34 heavy (non-hydrogen) atoms. The highest BCUT2D eigenvalue weighted by Crippen LogP contribution is 2.25. The molecule has 0 fully saturated rings. The third-order valence-corrected chi connectivity index (χ3v) is 5.79. The zero-order valence-corrected chi connectivity index (χ0v) is 20.4. The minimum Gasteiger partial charge on any atom is -0.496 e. The summed E-state index contributed by atoms with van der Waals surface area (Å²) < 4.78 is 26.6. The van der Waals surface area contributed by atoms with Crippen LogP contribution >= 0.6 is 27.5 Å². The van der Waals surface area contributed by atoms with Crippen molar-refractivity contribution in [2.75, 3.05) is 12.4 Å². The standard InChI is InChI=1S/C25H20BrClFN3O3/c1-33-23-11-4-17(12-18(23)15-34-21-9-5-19(27)6-10-21)25(32)29-24-22(26)14-31(30-24)13-16-2-7-20(28)8-3-16/h2-12,14H,13,15H2,1H3,(H,29,30,32). The summed E-state index contributed by atoms with van der Waals surface area (Å²) in [7, 11) is 1.56. The van der Waals surface area contributed by atoms with E-state index in [2.05, 4.69) is 26.3 Å². The number of hydrogen-bond donors (Lipinski definition) is 1. The molecule has 0 unspecified atom stereocenters. The number of ether oxygens (including phenoxy) is 2. The van der Waals surface area contributed by atoms with Gasteiger partial charge in [0.1, 0.15) is 23.9 Å². The Morgan fingerprint density at radius 2 is 1.85 bits per heavy atom. The molecule has 0 bridgehead atoms. The summed E-state index contributed by atoms with van der Waals surface area (Å²) in [5, 5.41) is 7.85. The fourth-order valence-corrected chi connectivity index (χ4v) is 3.78. The zero-order chi connectivity index (χ0) is 24.1. The molecule has 3 aromatic carbocycles. The quantitative estimate of drug-likeness (QED) is 0.282. The van der Waals surface area contributed by atoms with E-state index in [1.54, 1.807) is 72.6 Å². The number of rotatable bonds is 8. The Labute approximate surface area is 209 Å². The van der Waals surface area contributed by atoms with E-state index in [9.17, 15) is 9.18 Å². The molecule has 0 aliphatic carbocycles. The first-order valence-electron chi connectivity index (χ1n) is 10.3. The van der Waals surface area contributed by atoms with Crippen LogP contribution in [0.15, 0.2) is 77.4 Å². The number of halogens is 3. The van der Waals surface area contributed by atoms with Crippen LogP contribution in [-0.2, 0) is 13.2 Å². The lowest BCUT2D eigenvalue weighted by molar-refractivity contribution is 0.102. The number of benzene rings is 3. The van der Waals surface area contributed by atoms with Crippen molar-refractivity contribution in [3.05, 3.63) is 105 Å². The van der Waals surface area contributed by atoms with Crippen molar-refractivity contribution < 1.29 is 18.7 Å². The lowest BCUT2D eigenvalue weighted by Crippen LogP contribution is -2.14. The molecular formula is C25H20BrClFN3O3. The highest BCUT2D eigenvalue weighted by Gasteiger charge is 2.15. The first-order chi connectivity index (χ1) is 16.4. The molecule has 1 N–H and O–H groups in total. The minimum absolute atomic E-state index is 0.210. The van der Waals surface area contributed by atoms with E-state index in [0.29, 0.717) is 44.5 Å². The summed E-state index contributed by atoms with van der Waals surface area (Å²) in [5.74, 6) is 1.01. The molecule has 0 saturated carbocycles. The zero-order valence-electron chi connectivity index (χ0n) is 18.1. The summed E-state index contributed by atoms with van der Waals surface area (Å²) in [4.78, 5) is 12.9. The van der Waals surface area contributed by atoms with Crippen molar-refractivity contribution in [1.82, 2.24) is 9.78 Å². The van der Waals surface area contributed by atoms with Crippen LogP contribution in [0.1, 0.15) is 21.5 Å². The molecule has 1 heterocycles. The molecule has 174 valence electrons. The molecule has 0 aliphatic heterocycles. The van der Waals surface area contributed by atoms with Crippen LogP contribution in [0.3, 0.4) is 0 Å². The van der Waals surface area contributed by atoms with E-state index in [0.717, 1.165) is 5.56 Å². The Balaban J connectivity index is 1.46. The van der Waals surface area contributed by atoms with Crippen molar-refractivity contribution in [3.8, 4) is 11.5 Å². The first-order valence-corrected chi connectivity index (χ1v) is 11.4. The number of aromatic nitrogens is 2. The van der Waals surface area contributed by atoms with E-state index in [-0.39, 0.29) is 18.3 Å². The number of carbonyl (C=O) groups is 1. The predicted octanol–water partition coefficient (Wildman–Crippen LogP) is 6.33. The summed E-state index contributed by atoms with van der Waals surface area (Å²) in [5.41, 5.74) is 2.02. The maximum Gasteiger partial charge on any atom is 0.256 e. The molecule has 0 spiro atoms. The van der Waals surface area contributed by atoms with E-state index < -0.39 is 0 Å². The third kappa shape index (κ3) is 5.95. The van der Waals surface area contributed by atoms with Crippen molar-refractivity contribution in [3.63, 3.8) is 0 Å². The van der Waals surface area contributed by atoms with Crippen molar-refractivity contribution in [2.24, 2.45) is 0 Å². The fraction of sp³-hybridized carbons (Fsp3) is 0.120. The van der Waals surface area contributed by atoms with Crippen LogP contribution in [0.4, 0.5) is 10.2 Å². The highest BCUT2D eigenvalue weighted by atomic mass is 79.9. The number of anilines is 1. The largest absolute Gasteiger partial charge is 0.496 e. The summed E-state index contributed by atoms with van der Waals surface area (Å²) in [6.45, 7) is 0.644. The molecule has 4 rings (SSSR count). The van der Waals surface area contributed by atoms with Gasteiger partial charge in [-0.1, -0.05) is 23.7 Å². The van der Waals surface area contributed by atoms with Crippen molar-refractivity contribution >= 4 is 39.3 Å². The van der Waals surface area contributed by atoms with Crippen LogP contribution in [0.5, 0.6) is 11.5 Å². The Morgan fingerprint density at radius 1 is 1.12 bits per heavy atom. The maximum atomic E-state index is 13.1. The molecule has 0 radical (unpaired) electrons. The second-order valence-electron chi connectivity index (χ2n) is 7.37. The van der Waals surface area contributed by atoms with Crippen LogP contribution in [0.25, 0.3) is 0 Å². The third-order valence-electron chi connectivity index (χ3n) is 4.96. The van der Waals surface area contributed by atoms with Gasteiger partial charge in [-0.3, -0.25) is 9.48 Å². The summed E-state index contributed by atoms with van der Waals surface area (Å²) in [6.07, 6.45) is 1.75. The van der Waals surface area contributed by atoms with Gasteiger partial charge in [-0.25, -0.2) is 4.39 Å². The van der Waals surface area contributed by atoms with Gasteiger partial charge < -0.3 is 14.8 Å². The van der Waals surface area contributed by atoms with Crippen LogP contribution < -0.4 is 14.8 Å². The molecule has 0 atom stereocenters. The number of nitrogens with one attached hydrogen (secondary N) is 1. The smallest absolute Gasteiger partial charge is 0.256 e. The molecule has 6 nitrogen and oxygen atoms in total. The second kappa shape index (κ2) is 10.7. The second-order valence-corrected chi connectivity index (χ2v) is 8.66. The van der Waals surface area contributed by atoms with Crippen LogP contribution in [-0.4, -0.2) is 22.8 Å². The van der Waals surface area contributed by atoms with E-state index >= 15 is 0 Å². The molecule has 4 aromatic rings. The minimum atomic E-state index is -0.330. The highest BCUT2D eigenvalue weighted by molar-refractivity contribution is 9.10. The van der Waals surface area contributed by atoms with E-state index in [1.807, 2.05) is 0 Å². The van der Waals surface area contributed by atoms with Gasteiger partial charge in [0.25, 0.3) is 5.91 Å². The summed E-state index contributed by atoms with van der Waals surface area (Å²) in [6, 6.07) is 18.3. The normalized spacial score (nSPS) is 10.7. The fourth-order valence-electron chi connectivity index (χ4n) is 3.24. The lowest BCUT2D eigenvalue weighted by Gasteiger charge is -2.12. The average molecular weight is 545 g/mol. The summed E-state index contributed by atoms with van der Waals surface area (Å²) >= 11 is 9.34. The number of methoxy groups -OCH3 is 1. The molecule has 1 aromatic heterocycles. The molecule has 9 heteroatoms. The maximum absolute atomic E-state index is 13.1. The van der Waals surface area contributed by atoms with E-state index in [4.69, 9.17) is 21.1 Å². The molecule has 1 amide bonds. The lowest BCUT2D eigenvalue weighted by atomic mass is 10.1. The van der Waals surface area contributed by atoms with Gasteiger partial charge >= 0.3 is 0 Å². The predicted molar refractivity (Wildman–Crippen MR) is 132 cm³/mol. The van der Waals surface area contributed by atoms with Gasteiger partial charge in [0.15, 0.2) is 5.82 Å². The van der Waals surface area contributed by atoms with Crippen molar-refractivity contribution in [1.29, 1.82) is 0 Å².